The SMILES string of the molecule is CCC(CBr)Cn1ccsc1=O. The zero-order valence-corrected chi connectivity index (χ0v) is 9.40. The molecule has 0 saturated carbocycles. The Hall–Kier alpha value is -0.0900. The Morgan fingerprint density at radius 2 is 2.50 bits per heavy atom. The molecule has 1 rings (SSSR count). The lowest BCUT2D eigenvalue weighted by molar-refractivity contribution is 0.474. The first-order valence-electron chi connectivity index (χ1n) is 3.97. The number of thiazole rings is 1. The van der Waals surface area contributed by atoms with E-state index in [2.05, 4.69) is 22.9 Å². The van der Waals surface area contributed by atoms with Gasteiger partial charge in [-0.25, -0.2) is 0 Å². The van der Waals surface area contributed by atoms with E-state index in [4.69, 9.17) is 0 Å². The molecular weight excluding hydrogens is 238 g/mol. The lowest BCUT2D eigenvalue weighted by atomic mass is 10.1. The summed E-state index contributed by atoms with van der Waals surface area (Å²) < 4.78 is 1.78. The number of hydrogen-bond donors (Lipinski definition) is 0. The smallest absolute Gasteiger partial charge is 0.306 e. The molecule has 68 valence electrons. The van der Waals surface area contributed by atoms with Crippen molar-refractivity contribution in [3.8, 4) is 0 Å². The molecule has 2 nitrogen and oxygen atoms in total. The Morgan fingerprint density at radius 1 is 1.75 bits per heavy atom. The number of rotatable bonds is 4. The van der Waals surface area contributed by atoms with Crippen LogP contribution in [0.3, 0.4) is 0 Å². The van der Waals surface area contributed by atoms with E-state index in [9.17, 15) is 4.79 Å². The van der Waals surface area contributed by atoms with Crippen LogP contribution in [0.25, 0.3) is 0 Å². The molecule has 0 aliphatic heterocycles. The summed E-state index contributed by atoms with van der Waals surface area (Å²) in [6.07, 6.45) is 2.96. The molecule has 0 spiro atoms. The highest BCUT2D eigenvalue weighted by atomic mass is 79.9. The second-order valence-corrected chi connectivity index (χ2v) is 4.25. The van der Waals surface area contributed by atoms with Crippen molar-refractivity contribution in [2.75, 3.05) is 5.33 Å². The van der Waals surface area contributed by atoms with Crippen LogP contribution in [-0.2, 0) is 6.54 Å². The van der Waals surface area contributed by atoms with Crippen LogP contribution in [0.15, 0.2) is 16.4 Å². The lowest BCUT2D eigenvalue weighted by Crippen LogP contribution is -2.18. The maximum Gasteiger partial charge on any atom is 0.307 e. The molecule has 0 bridgehead atoms. The van der Waals surface area contributed by atoms with Crippen LogP contribution < -0.4 is 4.87 Å². The van der Waals surface area contributed by atoms with Crippen molar-refractivity contribution in [3.63, 3.8) is 0 Å². The summed E-state index contributed by atoms with van der Waals surface area (Å²) in [4.78, 5) is 11.3. The van der Waals surface area contributed by atoms with Crippen molar-refractivity contribution in [2.45, 2.75) is 19.9 Å². The van der Waals surface area contributed by atoms with Crippen LogP contribution in [0.4, 0.5) is 0 Å². The van der Waals surface area contributed by atoms with Crippen molar-refractivity contribution in [2.24, 2.45) is 5.92 Å². The van der Waals surface area contributed by atoms with Crippen LogP contribution in [0, 0.1) is 5.92 Å². The van der Waals surface area contributed by atoms with Gasteiger partial charge in [-0.2, -0.15) is 0 Å². The fraction of sp³-hybridized carbons (Fsp3) is 0.625. The zero-order valence-electron chi connectivity index (χ0n) is 7.00. The predicted molar refractivity (Wildman–Crippen MR) is 56.2 cm³/mol. The molecule has 0 amide bonds. The summed E-state index contributed by atoms with van der Waals surface area (Å²) in [5, 5.41) is 2.80. The first-order chi connectivity index (χ1) is 5.77. The quantitative estimate of drug-likeness (QED) is 0.752. The molecule has 1 unspecified atom stereocenters. The number of aromatic nitrogens is 1. The molecule has 0 N–H and O–H groups in total. The van der Waals surface area contributed by atoms with Gasteiger partial charge in [-0.1, -0.05) is 40.6 Å². The summed E-state index contributed by atoms with van der Waals surface area (Å²) in [5.74, 6) is 0.567. The minimum absolute atomic E-state index is 0.148. The summed E-state index contributed by atoms with van der Waals surface area (Å²) in [6.45, 7) is 2.98. The number of alkyl halides is 1. The van der Waals surface area contributed by atoms with Crippen LogP contribution in [0.1, 0.15) is 13.3 Å². The van der Waals surface area contributed by atoms with Crippen molar-refractivity contribution < 1.29 is 0 Å². The standard InChI is InChI=1S/C8H12BrNOS/c1-2-7(5-9)6-10-3-4-12-8(10)11/h3-4,7H,2,5-6H2,1H3. The van der Waals surface area contributed by atoms with E-state index in [0.29, 0.717) is 5.92 Å². The lowest BCUT2D eigenvalue weighted by Gasteiger charge is -2.10. The van der Waals surface area contributed by atoms with Gasteiger partial charge in [0.15, 0.2) is 0 Å². The van der Waals surface area contributed by atoms with Crippen LogP contribution in [-0.4, -0.2) is 9.90 Å². The molecule has 1 aromatic rings. The van der Waals surface area contributed by atoms with Crippen LogP contribution in [0.5, 0.6) is 0 Å². The number of halogens is 1. The number of hydrogen-bond acceptors (Lipinski definition) is 2. The van der Waals surface area contributed by atoms with Gasteiger partial charge in [-0.3, -0.25) is 4.79 Å². The summed E-state index contributed by atoms with van der Waals surface area (Å²) in [5.41, 5.74) is 0. The third-order valence-corrected chi connectivity index (χ3v) is 3.50. The van der Waals surface area contributed by atoms with Crippen molar-refractivity contribution >= 4 is 27.3 Å². The molecule has 0 aromatic carbocycles. The first-order valence-corrected chi connectivity index (χ1v) is 5.98. The molecule has 0 fully saturated rings. The fourth-order valence-electron chi connectivity index (χ4n) is 0.991. The van der Waals surface area contributed by atoms with E-state index in [1.54, 1.807) is 4.57 Å². The Morgan fingerprint density at radius 3 is 2.92 bits per heavy atom. The molecule has 0 saturated heterocycles. The zero-order chi connectivity index (χ0) is 8.97. The maximum atomic E-state index is 11.2. The van der Waals surface area contributed by atoms with Crippen molar-refractivity contribution in [1.29, 1.82) is 0 Å². The highest BCUT2D eigenvalue weighted by Crippen LogP contribution is 2.08. The largest absolute Gasteiger partial charge is 0.307 e. The third kappa shape index (κ3) is 2.45. The maximum absolute atomic E-state index is 11.2. The first kappa shape index (κ1) is 9.99. The second-order valence-electron chi connectivity index (χ2n) is 2.75. The van der Waals surface area contributed by atoms with E-state index in [1.165, 1.54) is 11.3 Å². The van der Waals surface area contributed by atoms with Gasteiger partial charge in [-0.15, -0.1) is 0 Å². The van der Waals surface area contributed by atoms with Gasteiger partial charge < -0.3 is 4.57 Å². The highest BCUT2D eigenvalue weighted by molar-refractivity contribution is 9.09. The minimum Gasteiger partial charge on any atom is -0.306 e. The van der Waals surface area contributed by atoms with Crippen molar-refractivity contribution in [1.82, 2.24) is 4.57 Å². The normalized spacial score (nSPS) is 13.2. The number of nitrogens with zero attached hydrogens (tertiary/aromatic N) is 1. The summed E-state index contributed by atoms with van der Waals surface area (Å²) >= 11 is 4.69. The fourth-order valence-corrected chi connectivity index (χ4v) is 2.25. The Balaban J connectivity index is 2.62. The molecular formula is C8H12BrNOS. The molecule has 12 heavy (non-hydrogen) atoms. The van der Waals surface area contributed by atoms with Gasteiger partial charge in [0.25, 0.3) is 0 Å². The average molecular weight is 250 g/mol. The van der Waals surface area contributed by atoms with Gasteiger partial charge in [0, 0.05) is 23.5 Å². The van der Waals surface area contributed by atoms with Gasteiger partial charge in [0.05, 0.1) is 0 Å². The van der Waals surface area contributed by atoms with Gasteiger partial charge >= 0.3 is 4.87 Å². The topological polar surface area (TPSA) is 22.0 Å². The summed E-state index contributed by atoms with van der Waals surface area (Å²) in [7, 11) is 0. The van der Waals surface area contributed by atoms with E-state index >= 15 is 0 Å². The van der Waals surface area contributed by atoms with Gasteiger partial charge in [0.2, 0.25) is 0 Å². The highest BCUT2D eigenvalue weighted by Gasteiger charge is 2.06. The summed E-state index contributed by atoms with van der Waals surface area (Å²) in [6, 6.07) is 0. The van der Waals surface area contributed by atoms with Gasteiger partial charge in [-0.05, 0) is 5.92 Å². The van der Waals surface area contributed by atoms with Gasteiger partial charge in [0.1, 0.15) is 0 Å². The molecule has 1 heterocycles. The van der Waals surface area contributed by atoms with E-state index in [-0.39, 0.29) is 4.87 Å². The van der Waals surface area contributed by atoms with E-state index < -0.39 is 0 Å². The molecule has 1 aromatic heterocycles. The van der Waals surface area contributed by atoms with Crippen molar-refractivity contribution in [3.05, 3.63) is 21.2 Å². The second kappa shape index (κ2) is 4.82. The predicted octanol–water partition coefficient (Wildman–Crippen LogP) is 2.33. The minimum atomic E-state index is 0.148. The molecule has 0 aliphatic carbocycles. The molecule has 1 atom stereocenters. The van der Waals surface area contributed by atoms with E-state index in [1.807, 2.05) is 11.6 Å². The Labute approximate surface area is 84.4 Å². The molecule has 0 radical (unpaired) electrons. The molecule has 4 heteroatoms. The molecule has 0 aliphatic rings. The monoisotopic (exact) mass is 249 g/mol. The van der Waals surface area contributed by atoms with Crippen LogP contribution in [0.2, 0.25) is 0 Å². The third-order valence-electron chi connectivity index (χ3n) is 1.89. The average Bonchev–Trinajstić information content (AvgIpc) is 2.47. The Kier molecular flexibility index (Phi) is 4.01. The van der Waals surface area contributed by atoms with E-state index in [0.717, 1.165) is 18.3 Å². The van der Waals surface area contributed by atoms with Crippen LogP contribution >= 0.6 is 27.3 Å². The Bertz CT molecular complexity index is 277.